The summed E-state index contributed by atoms with van der Waals surface area (Å²) in [6.45, 7) is 2.55. The molecular weight excluding hydrogens is 314 g/mol. The summed E-state index contributed by atoms with van der Waals surface area (Å²) >= 11 is 0. The second-order valence-corrected chi connectivity index (χ2v) is 8.62. The Hall–Kier alpha value is -1.76. The second kappa shape index (κ2) is 6.78. The maximum Gasteiger partial charge on any atom is 0.315 e. The van der Waals surface area contributed by atoms with Gasteiger partial charge in [-0.2, -0.15) is 0 Å². The van der Waals surface area contributed by atoms with E-state index >= 15 is 0 Å². The van der Waals surface area contributed by atoms with E-state index in [2.05, 4.69) is 27.7 Å². The molecule has 2 aliphatic rings. The Balaban J connectivity index is 1.40. The lowest BCUT2D eigenvalue weighted by Crippen LogP contribution is -2.44. The highest BCUT2D eigenvalue weighted by Crippen LogP contribution is 2.22. The number of hydrogen-bond acceptors (Lipinski definition) is 4. The predicted octanol–water partition coefficient (Wildman–Crippen LogP) is 0.999. The summed E-state index contributed by atoms with van der Waals surface area (Å²) in [6, 6.07) is 9.77. The third-order valence-electron chi connectivity index (χ3n) is 4.53. The van der Waals surface area contributed by atoms with Gasteiger partial charge in [0.2, 0.25) is 0 Å². The van der Waals surface area contributed by atoms with Gasteiger partial charge >= 0.3 is 6.03 Å². The van der Waals surface area contributed by atoms with Gasteiger partial charge in [0, 0.05) is 31.4 Å². The zero-order chi connectivity index (χ0) is 16.3. The average molecular weight is 337 g/mol. The van der Waals surface area contributed by atoms with Crippen LogP contribution in [0.15, 0.2) is 30.3 Å². The van der Waals surface area contributed by atoms with Crippen LogP contribution < -0.4 is 15.5 Å². The minimum Gasteiger partial charge on any atom is -0.371 e. The molecule has 6 nitrogen and oxygen atoms in total. The Morgan fingerprint density at radius 1 is 1.22 bits per heavy atom. The molecule has 23 heavy (non-hydrogen) atoms. The first kappa shape index (κ1) is 16.1. The van der Waals surface area contributed by atoms with Crippen molar-refractivity contribution >= 4 is 21.6 Å². The Bertz CT molecular complexity index is 648. The molecule has 2 saturated heterocycles. The van der Waals surface area contributed by atoms with E-state index in [-0.39, 0.29) is 23.6 Å². The molecule has 2 fully saturated rings. The number of amides is 2. The molecular formula is C16H23N3O3S. The Labute approximate surface area is 137 Å². The lowest BCUT2D eigenvalue weighted by molar-refractivity contribution is 0.236. The van der Waals surface area contributed by atoms with Crippen molar-refractivity contribution in [2.45, 2.75) is 18.9 Å². The van der Waals surface area contributed by atoms with Crippen molar-refractivity contribution in [3.63, 3.8) is 0 Å². The Morgan fingerprint density at radius 3 is 2.70 bits per heavy atom. The number of hydrogen-bond donors (Lipinski definition) is 2. The van der Waals surface area contributed by atoms with Crippen LogP contribution in [0.5, 0.6) is 0 Å². The van der Waals surface area contributed by atoms with Gasteiger partial charge in [0.1, 0.15) is 0 Å². The Morgan fingerprint density at radius 2 is 2.00 bits per heavy atom. The van der Waals surface area contributed by atoms with Crippen LogP contribution in [0, 0.1) is 5.92 Å². The minimum absolute atomic E-state index is 0.0611. The number of nitrogens with zero attached hydrogens (tertiary/aromatic N) is 1. The molecule has 0 aliphatic carbocycles. The van der Waals surface area contributed by atoms with Crippen molar-refractivity contribution in [1.29, 1.82) is 0 Å². The first-order valence-electron chi connectivity index (χ1n) is 8.07. The van der Waals surface area contributed by atoms with Crippen molar-refractivity contribution in [3.8, 4) is 0 Å². The van der Waals surface area contributed by atoms with E-state index in [4.69, 9.17) is 0 Å². The van der Waals surface area contributed by atoms with Crippen LogP contribution in [0.3, 0.4) is 0 Å². The number of carbonyl (C=O) groups excluding carboxylic acids is 1. The highest BCUT2D eigenvalue weighted by Gasteiger charge is 2.29. The number of anilines is 1. The van der Waals surface area contributed by atoms with Crippen LogP contribution in [0.1, 0.15) is 12.8 Å². The molecule has 1 aromatic carbocycles. The summed E-state index contributed by atoms with van der Waals surface area (Å²) in [6.07, 6.45) is 1.56. The number of carbonyl (C=O) groups is 1. The van der Waals surface area contributed by atoms with E-state index in [1.165, 1.54) is 5.69 Å². The molecule has 3 rings (SSSR count). The SMILES string of the molecule is O=C(NC[C@@H]1CCN(c2ccccc2)C1)N[C@H]1CCS(=O)(=O)C1. The maximum absolute atomic E-state index is 11.9. The van der Waals surface area contributed by atoms with Crippen molar-refractivity contribution in [2.24, 2.45) is 5.92 Å². The molecule has 7 heteroatoms. The molecule has 2 N–H and O–H groups in total. The number of rotatable bonds is 4. The van der Waals surface area contributed by atoms with Crippen LogP contribution >= 0.6 is 0 Å². The minimum atomic E-state index is -2.96. The molecule has 0 bridgehead atoms. The normalized spacial score (nSPS) is 26.2. The van der Waals surface area contributed by atoms with Gasteiger partial charge in [-0.25, -0.2) is 13.2 Å². The molecule has 126 valence electrons. The van der Waals surface area contributed by atoms with E-state index in [0.717, 1.165) is 19.5 Å². The molecule has 0 aromatic heterocycles. The molecule has 0 radical (unpaired) electrons. The quantitative estimate of drug-likeness (QED) is 0.859. The van der Waals surface area contributed by atoms with Crippen LogP contribution in [0.4, 0.5) is 10.5 Å². The summed E-state index contributed by atoms with van der Waals surface area (Å²) in [7, 11) is -2.96. The summed E-state index contributed by atoms with van der Waals surface area (Å²) in [5.41, 5.74) is 1.22. The molecule has 2 atom stereocenters. The highest BCUT2D eigenvalue weighted by molar-refractivity contribution is 7.91. The third-order valence-corrected chi connectivity index (χ3v) is 6.29. The zero-order valence-electron chi connectivity index (χ0n) is 13.1. The molecule has 2 heterocycles. The van der Waals surface area contributed by atoms with Gasteiger partial charge in [0.05, 0.1) is 11.5 Å². The summed E-state index contributed by atoms with van der Waals surface area (Å²) < 4.78 is 22.8. The van der Waals surface area contributed by atoms with Gasteiger partial charge in [0.25, 0.3) is 0 Å². The largest absolute Gasteiger partial charge is 0.371 e. The molecule has 0 saturated carbocycles. The van der Waals surface area contributed by atoms with Gasteiger partial charge in [-0.05, 0) is 30.9 Å². The van der Waals surface area contributed by atoms with Gasteiger partial charge < -0.3 is 15.5 Å². The van der Waals surface area contributed by atoms with Crippen molar-refractivity contribution in [3.05, 3.63) is 30.3 Å². The lowest BCUT2D eigenvalue weighted by Gasteiger charge is -2.19. The maximum atomic E-state index is 11.9. The number of nitrogens with one attached hydrogen (secondary N) is 2. The summed E-state index contributed by atoms with van der Waals surface area (Å²) in [5, 5.41) is 5.64. The van der Waals surface area contributed by atoms with Crippen LogP contribution in [0.2, 0.25) is 0 Å². The fourth-order valence-electron chi connectivity index (χ4n) is 3.25. The Kier molecular flexibility index (Phi) is 4.75. The zero-order valence-corrected chi connectivity index (χ0v) is 13.9. The van der Waals surface area contributed by atoms with Gasteiger partial charge in [-0.3, -0.25) is 0 Å². The summed E-state index contributed by atoms with van der Waals surface area (Å²) in [4.78, 5) is 14.2. The topological polar surface area (TPSA) is 78.5 Å². The highest BCUT2D eigenvalue weighted by atomic mass is 32.2. The molecule has 0 unspecified atom stereocenters. The summed E-state index contributed by atoms with van der Waals surface area (Å²) in [5.74, 6) is 0.659. The molecule has 0 spiro atoms. The fourth-order valence-corrected chi connectivity index (χ4v) is 4.93. The van der Waals surface area contributed by atoms with E-state index in [0.29, 0.717) is 18.9 Å². The number of benzene rings is 1. The monoisotopic (exact) mass is 337 g/mol. The van der Waals surface area contributed by atoms with Crippen LogP contribution in [-0.2, 0) is 9.84 Å². The standard InChI is InChI=1S/C16H23N3O3S/c20-16(18-14-7-9-23(21,22)12-14)17-10-13-6-8-19(11-13)15-4-2-1-3-5-15/h1-5,13-14H,6-12H2,(H2,17,18,20)/t13-,14-/m0/s1. The molecule has 2 aliphatic heterocycles. The first-order chi connectivity index (χ1) is 11.0. The average Bonchev–Trinajstić information content (AvgIpc) is 3.13. The fraction of sp³-hybridized carbons (Fsp3) is 0.562. The van der Waals surface area contributed by atoms with E-state index in [1.807, 2.05) is 18.2 Å². The number of urea groups is 1. The van der Waals surface area contributed by atoms with E-state index < -0.39 is 9.84 Å². The van der Waals surface area contributed by atoms with Crippen LogP contribution in [-0.4, -0.2) is 51.6 Å². The third kappa shape index (κ3) is 4.37. The lowest BCUT2D eigenvalue weighted by atomic mass is 10.1. The van der Waals surface area contributed by atoms with Crippen LogP contribution in [0.25, 0.3) is 0 Å². The van der Waals surface area contributed by atoms with Gasteiger partial charge in [-0.1, -0.05) is 18.2 Å². The predicted molar refractivity (Wildman–Crippen MR) is 90.4 cm³/mol. The molecule has 1 aromatic rings. The van der Waals surface area contributed by atoms with Crippen molar-refractivity contribution in [1.82, 2.24) is 10.6 Å². The van der Waals surface area contributed by atoms with E-state index in [1.54, 1.807) is 0 Å². The first-order valence-corrected chi connectivity index (χ1v) is 9.89. The van der Waals surface area contributed by atoms with Crippen molar-refractivity contribution in [2.75, 3.05) is 36.0 Å². The molecule has 2 amide bonds. The number of sulfone groups is 1. The second-order valence-electron chi connectivity index (χ2n) is 6.39. The van der Waals surface area contributed by atoms with Gasteiger partial charge in [0.15, 0.2) is 9.84 Å². The van der Waals surface area contributed by atoms with E-state index in [9.17, 15) is 13.2 Å². The number of para-hydroxylation sites is 1. The van der Waals surface area contributed by atoms with Crippen molar-refractivity contribution < 1.29 is 13.2 Å². The van der Waals surface area contributed by atoms with Gasteiger partial charge in [-0.15, -0.1) is 0 Å². The smallest absolute Gasteiger partial charge is 0.315 e.